The maximum atomic E-state index is 13.8. The van der Waals surface area contributed by atoms with Crippen molar-refractivity contribution in [1.82, 2.24) is 30.2 Å². The molecule has 0 bridgehead atoms. The fourth-order valence-corrected chi connectivity index (χ4v) is 4.44. The van der Waals surface area contributed by atoms with E-state index in [1.54, 1.807) is 18.3 Å². The number of hydrogen-bond acceptors (Lipinski definition) is 8. The highest BCUT2D eigenvalue weighted by Crippen LogP contribution is 2.43. The normalized spacial score (nSPS) is 16.6. The summed E-state index contributed by atoms with van der Waals surface area (Å²) in [7, 11) is 0. The highest BCUT2D eigenvalue weighted by atomic mass is 19.1. The van der Waals surface area contributed by atoms with Crippen molar-refractivity contribution in [2.45, 2.75) is 45.4 Å². The fourth-order valence-electron chi connectivity index (χ4n) is 4.44. The van der Waals surface area contributed by atoms with Crippen molar-refractivity contribution in [2.75, 3.05) is 24.1 Å². The van der Waals surface area contributed by atoms with E-state index in [-0.39, 0.29) is 11.6 Å². The molecule has 1 aliphatic carbocycles. The third-order valence-electron chi connectivity index (χ3n) is 6.57. The van der Waals surface area contributed by atoms with Gasteiger partial charge in [-0.1, -0.05) is 13.8 Å². The standard InChI is InChI=1S/C20H15F2N7.C7H15N/c21-13-3-4-15(22)27-20(13)28-16-7-11(5-6-25-16)19-26-14-9-24-8-12(10-1-2-10)17(14)18(23)29-19;1-7(2)4-3-5-8-6-7/h3-10H,1-2H2,(H2,23,26,29)(H,25,27,28);8H,3-6H2,1-2H3. The lowest BCUT2D eigenvalue weighted by atomic mass is 9.85. The second-order valence-corrected chi connectivity index (χ2v) is 10.3. The van der Waals surface area contributed by atoms with Crippen molar-refractivity contribution in [3.05, 3.63) is 60.2 Å². The van der Waals surface area contributed by atoms with Crippen LogP contribution < -0.4 is 16.4 Å². The lowest BCUT2D eigenvalue weighted by molar-refractivity contribution is 0.265. The Hall–Kier alpha value is -3.79. The molecule has 4 aromatic rings. The average Bonchev–Trinajstić information content (AvgIpc) is 3.72. The molecule has 4 aromatic heterocycles. The van der Waals surface area contributed by atoms with Crippen LogP contribution in [0.3, 0.4) is 0 Å². The summed E-state index contributed by atoms with van der Waals surface area (Å²) in [4.78, 5) is 21.0. The van der Waals surface area contributed by atoms with Crippen LogP contribution >= 0.6 is 0 Å². The van der Waals surface area contributed by atoms with E-state index >= 15 is 0 Å². The van der Waals surface area contributed by atoms with Crippen molar-refractivity contribution in [1.29, 1.82) is 0 Å². The first-order valence-corrected chi connectivity index (χ1v) is 12.5. The number of nitrogens with one attached hydrogen (secondary N) is 2. The molecule has 0 unspecified atom stereocenters. The molecule has 0 spiro atoms. The summed E-state index contributed by atoms with van der Waals surface area (Å²) in [6.07, 6.45) is 9.98. The van der Waals surface area contributed by atoms with Crippen molar-refractivity contribution >= 4 is 28.4 Å². The van der Waals surface area contributed by atoms with Crippen LogP contribution in [0.2, 0.25) is 0 Å². The number of piperidine rings is 1. The zero-order valence-electron chi connectivity index (χ0n) is 20.9. The largest absolute Gasteiger partial charge is 0.383 e. The van der Waals surface area contributed by atoms with E-state index in [4.69, 9.17) is 5.73 Å². The summed E-state index contributed by atoms with van der Waals surface area (Å²) in [5, 5.41) is 6.88. The Morgan fingerprint density at radius 3 is 2.62 bits per heavy atom. The van der Waals surface area contributed by atoms with Crippen LogP contribution in [-0.4, -0.2) is 38.0 Å². The van der Waals surface area contributed by atoms with E-state index < -0.39 is 11.8 Å². The summed E-state index contributed by atoms with van der Waals surface area (Å²) in [5.74, 6) is -0.230. The Balaban J connectivity index is 0.000000301. The summed E-state index contributed by atoms with van der Waals surface area (Å²) < 4.78 is 27.1. The number of rotatable bonds is 4. The monoisotopic (exact) mass is 504 g/mol. The van der Waals surface area contributed by atoms with Crippen LogP contribution in [0, 0.1) is 17.2 Å². The van der Waals surface area contributed by atoms with E-state index in [0.717, 1.165) is 35.9 Å². The smallest absolute Gasteiger partial charge is 0.214 e. The molecule has 8 nitrogen and oxygen atoms in total. The first-order valence-electron chi connectivity index (χ1n) is 12.5. The minimum absolute atomic E-state index is 0.258. The second-order valence-electron chi connectivity index (χ2n) is 10.3. The van der Waals surface area contributed by atoms with Crippen LogP contribution in [0.15, 0.2) is 42.9 Å². The highest BCUT2D eigenvalue weighted by molar-refractivity contribution is 5.92. The molecular weight excluding hydrogens is 474 g/mol. The Morgan fingerprint density at radius 2 is 1.92 bits per heavy atom. The molecule has 1 saturated carbocycles. The van der Waals surface area contributed by atoms with Gasteiger partial charge < -0.3 is 16.4 Å². The molecule has 2 aliphatic rings. The number of anilines is 3. The molecule has 2 fully saturated rings. The van der Waals surface area contributed by atoms with Gasteiger partial charge in [0.05, 0.1) is 11.7 Å². The summed E-state index contributed by atoms with van der Waals surface area (Å²) in [5.41, 5.74) is 9.18. The predicted molar refractivity (Wildman–Crippen MR) is 140 cm³/mol. The zero-order chi connectivity index (χ0) is 26.0. The Bertz CT molecular complexity index is 1410. The SMILES string of the molecule is CC1(C)CCCNC1.Nc1nc(-c2ccnc(Nc3nc(F)ccc3F)c2)nc2cncc(C3CC3)c12. The molecule has 37 heavy (non-hydrogen) atoms. The first-order chi connectivity index (χ1) is 17.8. The first kappa shape index (κ1) is 24.9. The minimum atomic E-state index is -0.797. The van der Waals surface area contributed by atoms with Crippen molar-refractivity contribution < 1.29 is 8.78 Å². The molecule has 1 saturated heterocycles. The van der Waals surface area contributed by atoms with E-state index in [0.29, 0.717) is 34.1 Å². The van der Waals surface area contributed by atoms with Gasteiger partial charge in [0.2, 0.25) is 5.95 Å². The van der Waals surface area contributed by atoms with Gasteiger partial charge in [0.25, 0.3) is 0 Å². The van der Waals surface area contributed by atoms with Gasteiger partial charge >= 0.3 is 0 Å². The third-order valence-corrected chi connectivity index (χ3v) is 6.57. The third kappa shape index (κ3) is 5.96. The molecule has 5 heterocycles. The lowest BCUT2D eigenvalue weighted by Crippen LogP contribution is -2.35. The molecule has 10 heteroatoms. The molecule has 0 atom stereocenters. The number of nitrogens with zero attached hydrogens (tertiary/aromatic N) is 5. The number of hydrogen-bond donors (Lipinski definition) is 3. The molecule has 4 N–H and O–H groups in total. The number of nitrogen functional groups attached to an aromatic ring is 1. The molecule has 192 valence electrons. The van der Waals surface area contributed by atoms with E-state index in [1.165, 1.54) is 32.1 Å². The fraction of sp³-hybridized carbons (Fsp3) is 0.370. The van der Waals surface area contributed by atoms with E-state index in [9.17, 15) is 8.78 Å². The van der Waals surface area contributed by atoms with Crippen LogP contribution in [0.1, 0.15) is 51.0 Å². The van der Waals surface area contributed by atoms with Crippen molar-refractivity contribution in [3.63, 3.8) is 0 Å². The summed E-state index contributed by atoms with van der Waals surface area (Å²) >= 11 is 0. The summed E-state index contributed by atoms with van der Waals surface area (Å²) in [6, 6.07) is 5.26. The van der Waals surface area contributed by atoms with Crippen LogP contribution in [0.25, 0.3) is 22.3 Å². The maximum absolute atomic E-state index is 13.8. The molecule has 0 radical (unpaired) electrons. The van der Waals surface area contributed by atoms with Gasteiger partial charge in [0.15, 0.2) is 17.5 Å². The molecule has 0 aromatic carbocycles. The summed E-state index contributed by atoms with van der Waals surface area (Å²) in [6.45, 7) is 7.06. The molecule has 1 aliphatic heterocycles. The maximum Gasteiger partial charge on any atom is 0.214 e. The highest BCUT2D eigenvalue weighted by Gasteiger charge is 2.27. The second kappa shape index (κ2) is 10.3. The average molecular weight is 505 g/mol. The number of aromatic nitrogens is 5. The van der Waals surface area contributed by atoms with Gasteiger partial charge in [-0.15, -0.1) is 0 Å². The minimum Gasteiger partial charge on any atom is -0.383 e. The molecule has 0 amide bonds. The lowest BCUT2D eigenvalue weighted by Gasteiger charge is -2.29. The van der Waals surface area contributed by atoms with Crippen LogP contribution in [0.4, 0.5) is 26.2 Å². The Morgan fingerprint density at radius 1 is 1.08 bits per heavy atom. The van der Waals surface area contributed by atoms with Gasteiger partial charge in [-0.05, 0) is 73.4 Å². The molecule has 6 rings (SSSR count). The van der Waals surface area contributed by atoms with Crippen molar-refractivity contribution in [2.24, 2.45) is 5.41 Å². The molecular formula is C27H30F2N8. The van der Waals surface area contributed by atoms with Gasteiger partial charge in [-0.2, -0.15) is 9.37 Å². The quantitative estimate of drug-likeness (QED) is 0.318. The van der Waals surface area contributed by atoms with E-state index in [1.807, 2.05) is 6.20 Å². The number of nitrogens with two attached hydrogens (primary N) is 1. The van der Waals surface area contributed by atoms with E-state index in [2.05, 4.69) is 49.4 Å². The van der Waals surface area contributed by atoms with Gasteiger partial charge in [0, 0.05) is 29.9 Å². The van der Waals surface area contributed by atoms with Crippen LogP contribution in [0.5, 0.6) is 0 Å². The Kier molecular flexibility index (Phi) is 6.92. The zero-order valence-corrected chi connectivity index (χ0v) is 20.9. The number of pyridine rings is 3. The topological polar surface area (TPSA) is 115 Å². The number of halogens is 2. The number of fused-ring (bicyclic) bond motifs is 1. The Labute approximate surface area is 214 Å². The van der Waals surface area contributed by atoms with Crippen molar-refractivity contribution in [3.8, 4) is 11.4 Å². The predicted octanol–water partition coefficient (Wildman–Crippen LogP) is 5.36. The van der Waals surface area contributed by atoms with Crippen LogP contribution in [-0.2, 0) is 0 Å². The van der Waals surface area contributed by atoms with Gasteiger partial charge in [-0.3, -0.25) is 4.98 Å². The van der Waals surface area contributed by atoms with Gasteiger partial charge in [0.1, 0.15) is 11.6 Å². The van der Waals surface area contributed by atoms with Gasteiger partial charge in [-0.25, -0.2) is 19.3 Å².